The van der Waals surface area contributed by atoms with Crippen LogP contribution in [0.25, 0.3) is 10.9 Å². The molecule has 1 saturated heterocycles. The molecule has 1 aromatic heterocycles. The number of halogens is 2. The van der Waals surface area contributed by atoms with Gasteiger partial charge in [0.25, 0.3) is 5.56 Å². The first-order valence-corrected chi connectivity index (χ1v) is 11.1. The Morgan fingerprint density at radius 3 is 2.68 bits per heavy atom. The highest BCUT2D eigenvalue weighted by atomic mass is 35.5. The molecule has 2 aromatic carbocycles. The Bertz CT molecular complexity index is 1170. The van der Waals surface area contributed by atoms with Gasteiger partial charge in [-0.1, -0.05) is 35.3 Å². The molecule has 1 aliphatic rings. The highest BCUT2D eigenvalue weighted by molar-refractivity contribution is 6.42. The fourth-order valence-electron chi connectivity index (χ4n) is 3.96. The van der Waals surface area contributed by atoms with Crippen LogP contribution in [0.1, 0.15) is 29.9 Å². The Hall–Kier alpha value is -2.41. The van der Waals surface area contributed by atoms with Gasteiger partial charge in [0.15, 0.2) is 0 Å². The number of fused-ring (bicyclic) bond motifs is 1. The quantitative estimate of drug-likeness (QED) is 0.630. The molecule has 1 N–H and O–H groups in total. The molecule has 0 spiro atoms. The lowest BCUT2D eigenvalue weighted by molar-refractivity contribution is -0.131. The van der Waals surface area contributed by atoms with Crippen LogP contribution in [-0.4, -0.2) is 40.5 Å². The van der Waals surface area contributed by atoms with Crippen LogP contribution in [0.15, 0.2) is 47.5 Å². The number of piperidine rings is 1. The van der Waals surface area contributed by atoms with Crippen molar-refractivity contribution in [1.29, 1.82) is 0 Å². The van der Waals surface area contributed by atoms with Gasteiger partial charge in [-0.3, -0.25) is 14.2 Å². The standard InChI is InChI=1S/C23H24Cl2N4O2/c1-28(12-15-2-4-19(24)20(25)10-15)22(30)13-29-14-27-21-5-3-17(11-18(21)23(29)31)16-6-8-26-9-7-16/h2-5,10-11,14,16,26H,6-9,12-13H2,1H3. The summed E-state index contributed by atoms with van der Waals surface area (Å²) in [5, 5.41) is 4.83. The van der Waals surface area contributed by atoms with Crippen molar-refractivity contribution >= 4 is 40.0 Å². The second-order valence-corrected chi connectivity index (χ2v) is 8.79. The van der Waals surface area contributed by atoms with Gasteiger partial charge in [0.05, 0.1) is 27.3 Å². The number of likely N-dealkylation sites (N-methyl/N-ethyl adjacent to an activating group) is 1. The average molecular weight is 459 g/mol. The maximum Gasteiger partial charge on any atom is 0.261 e. The summed E-state index contributed by atoms with van der Waals surface area (Å²) < 4.78 is 1.38. The molecule has 31 heavy (non-hydrogen) atoms. The highest BCUT2D eigenvalue weighted by Gasteiger charge is 2.17. The molecule has 6 nitrogen and oxygen atoms in total. The van der Waals surface area contributed by atoms with Gasteiger partial charge >= 0.3 is 0 Å². The minimum atomic E-state index is -0.197. The molecule has 162 valence electrons. The lowest BCUT2D eigenvalue weighted by Crippen LogP contribution is -2.33. The van der Waals surface area contributed by atoms with Gasteiger partial charge in [-0.05, 0) is 67.2 Å². The summed E-state index contributed by atoms with van der Waals surface area (Å²) in [6, 6.07) is 11.2. The van der Waals surface area contributed by atoms with E-state index in [1.807, 2.05) is 18.2 Å². The van der Waals surface area contributed by atoms with Gasteiger partial charge in [-0.25, -0.2) is 4.98 Å². The first-order chi connectivity index (χ1) is 14.9. The normalized spacial score (nSPS) is 14.7. The Morgan fingerprint density at radius 2 is 1.94 bits per heavy atom. The molecule has 0 saturated carbocycles. The molecule has 8 heteroatoms. The third kappa shape index (κ3) is 4.92. The van der Waals surface area contributed by atoms with Crippen molar-refractivity contribution in [2.75, 3.05) is 20.1 Å². The van der Waals surface area contributed by atoms with Crippen molar-refractivity contribution in [2.45, 2.75) is 31.8 Å². The Labute approximate surface area is 190 Å². The van der Waals surface area contributed by atoms with Crippen LogP contribution in [0.4, 0.5) is 0 Å². The zero-order valence-electron chi connectivity index (χ0n) is 17.3. The van der Waals surface area contributed by atoms with Crippen LogP contribution < -0.4 is 10.9 Å². The third-order valence-corrected chi connectivity index (χ3v) is 6.53. The van der Waals surface area contributed by atoms with Crippen LogP contribution in [0.3, 0.4) is 0 Å². The summed E-state index contributed by atoms with van der Waals surface area (Å²) in [7, 11) is 1.69. The number of nitrogens with zero attached hydrogens (tertiary/aromatic N) is 3. The van der Waals surface area contributed by atoms with E-state index in [2.05, 4.69) is 16.4 Å². The van der Waals surface area contributed by atoms with E-state index in [1.54, 1.807) is 24.1 Å². The zero-order chi connectivity index (χ0) is 22.0. The number of rotatable bonds is 5. The van der Waals surface area contributed by atoms with Crippen LogP contribution in [0.2, 0.25) is 10.0 Å². The molecule has 0 unspecified atom stereocenters. The predicted molar refractivity (Wildman–Crippen MR) is 124 cm³/mol. The molecule has 1 amide bonds. The Morgan fingerprint density at radius 1 is 1.16 bits per heavy atom. The molecular formula is C23H24Cl2N4O2. The molecule has 1 fully saturated rings. The van der Waals surface area contributed by atoms with Gasteiger partial charge in [-0.2, -0.15) is 0 Å². The average Bonchev–Trinajstić information content (AvgIpc) is 2.78. The fourth-order valence-corrected chi connectivity index (χ4v) is 4.29. The van der Waals surface area contributed by atoms with Crippen LogP contribution >= 0.6 is 23.2 Å². The van der Waals surface area contributed by atoms with Crippen molar-refractivity contribution in [1.82, 2.24) is 19.8 Å². The number of benzene rings is 2. The maximum atomic E-state index is 13.1. The van der Waals surface area contributed by atoms with Crippen molar-refractivity contribution < 1.29 is 4.79 Å². The summed E-state index contributed by atoms with van der Waals surface area (Å²) in [5.41, 5.74) is 2.47. The van der Waals surface area contributed by atoms with Crippen molar-refractivity contribution in [3.8, 4) is 0 Å². The zero-order valence-corrected chi connectivity index (χ0v) is 18.8. The molecular weight excluding hydrogens is 435 g/mol. The number of carbonyl (C=O) groups excluding carboxylic acids is 1. The molecule has 0 aliphatic carbocycles. The van der Waals surface area contributed by atoms with E-state index in [0.717, 1.165) is 37.1 Å². The topological polar surface area (TPSA) is 67.2 Å². The van der Waals surface area contributed by atoms with Crippen LogP contribution in [0.5, 0.6) is 0 Å². The predicted octanol–water partition coefficient (Wildman–Crippen LogP) is 3.83. The van der Waals surface area contributed by atoms with Gasteiger partial charge < -0.3 is 10.2 Å². The van der Waals surface area contributed by atoms with Crippen LogP contribution in [0, 0.1) is 0 Å². The summed E-state index contributed by atoms with van der Waals surface area (Å²) in [6.45, 7) is 2.27. The van der Waals surface area contributed by atoms with Gasteiger partial charge in [0.2, 0.25) is 5.91 Å². The minimum Gasteiger partial charge on any atom is -0.340 e. The first-order valence-electron chi connectivity index (χ1n) is 10.3. The number of nitrogens with one attached hydrogen (secondary N) is 1. The first kappa shape index (κ1) is 21.8. The minimum absolute atomic E-state index is 0.0723. The van der Waals surface area contributed by atoms with E-state index < -0.39 is 0 Å². The molecule has 0 atom stereocenters. The molecule has 3 aromatic rings. The maximum absolute atomic E-state index is 13.1. The Balaban J connectivity index is 1.52. The van der Waals surface area contributed by atoms with E-state index in [1.165, 1.54) is 10.9 Å². The molecule has 0 radical (unpaired) electrons. The molecule has 2 heterocycles. The highest BCUT2D eigenvalue weighted by Crippen LogP contribution is 2.26. The summed E-state index contributed by atoms with van der Waals surface area (Å²) in [5.74, 6) is 0.251. The summed E-state index contributed by atoms with van der Waals surface area (Å²) in [6.07, 6.45) is 3.55. The fraction of sp³-hybridized carbons (Fsp3) is 0.348. The second kappa shape index (κ2) is 9.39. The van der Waals surface area contributed by atoms with Gasteiger partial charge in [0.1, 0.15) is 6.54 Å². The largest absolute Gasteiger partial charge is 0.340 e. The number of amides is 1. The third-order valence-electron chi connectivity index (χ3n) is 5.79. The Kier molecular flexibility index (Phi) is 6.60. The van der Waals surface area contributed by atoms with Gasteiger partial charge in [-0.15, -0.1) is 0 Å². The van der Waals surface area contributed by atoms with Crippen molar-refractivity contribution in [2.24, 2.45) is 0 Å². The SMILES string of the molecule is CN(Cc1ccc(Cl)c(Cl)c1)C(=O)Cn1cnc2ccc(C3CCNCC3)cc2c1=O. The van der Waals surface area contributed by atoms with E-state index in [4.69, 9.17) is 23.2 Å². The second-order valence-electron chi connectivity index (χ2n) is 7.98. The summed E-state index contributed by atoms with van der Waals surface area (Å²) >= 11 is 12.0. The van der Waals surface area contributed by atoms with Crippen molar-refractivity contribution in [3.63, 3.8) is 0 Å². The van der Waals surface area contributed by atoms with E-state index in [-0.39, 0.29) is 18.0 Å². The summed E-state index contributed by atoms with van der Waals surface area (Å²) in [4.78, 5) is 31.8. The lowest BCUT2D eigenvalue weighted by Gasteiger charge is -2.23. The van der Waals surface area contributed by atoms with Crippen molar-refractivity contribution in [3.05, 3.63) is 74.3 Å². The smallest absolute Gasteiger partial charge is 0.261 e. The molecule has 0 bridgehead atoms. The number of hydrogen-bond donors (Lipinski definition) is 1. The number of aromatic nitrogens is 2. The van der Waals surface area contributed by atoms with Crippen LogP contribution in [-0.2, 0) is 17.9 Å². The van der Waals surface area contributed by atoms with Gasteiger partial charge in [0, 0.05) is 13.6 Å². The van der Waals surface area contributed by atoms with E-state index >= 15 is 0 Å². The monoisotopic (exact) mass is 458 g/mol. The lowest BCUT2D eigenvalue weighted by atomic mass is 9.89. The number of carbonyl (C=O) groups is 1. The molecule has 4 rings (SSSR count). The number of hydrogen-bond acceptors (Lipinski definition) is 4. The van der Waals surface area contributed by atoms with E-state index in [0.29, 0.717) is 33.4 Å². The molecule has 1 aliphatic heterocycles. The van der Waals surface area contributed by atoms with E-state index in [9.17, 15) is 9.59 Å².